The molecule has 2 fully saturated rings. The van der Waals surface area contributed by atoms with Crippen LogP contribution in [0.2, 0.25) is 0 Å². The van der Waals surface area contributed by atoms with Gasteiger partial charge in [-0.3, -0.25) is 4.90 Å². The summed E-state index contributed by atoms with van der Waals surface area (Å²) in [5.74, 6) is 0.964. The number of nitrogens with one attached hydrogen (secondary N) is 1. The molecule has 2 aliphatic rings. The van der Waals surface area contributed by atoms with Crippen LogP contribution in [0.15, 0.2) is 30.3 Å². The van der Waals surface area contributed by atoms with Crippen molar-refractivity contribution in [3.05, 3.63) is 35.9 Å². The summed E-state index contributed by atoms with van der Waals surface area (Å²) in [5, 5.41) is 3.81. The molecule has 2 heteroatoms. The fraction of sp³-hybridized carbons (Fsp3) is 0.684. The van der Waals surface area contributed by atoms with Crippen LogP contribution in [0.3, 0.4) is 0 Å². The molecule has 116 valence electrons. The topological polar surface area (TPSA) is 15.3 Å². The lowest BCUT2D eigenvalue weighted by molar-refractivity contribution is 0.0228. The van der Waals surface area contributed by atoms with Gasteiger partial charge in [0.25, 0.3) is 0 Å². The number of hydrogen-bond acceptors (Lipinski definition) is 2. The van der Waals surface area contributed by atoms with Gasteiger partial charge in [0.05, 0.1) is 0 Å². The molecule has 1 aromatic carbocycles. The van der Waals surface area contributed by atoms with Gasteiger partial charge in [-0.15, -0.1) is 0 Å². The van der Waals surface area contributed by atoms with E-state index in [9.17, 15) is 0 Å². The maximum absolute atomic E-state index is 3.81. The Morgan fingerprint density at radius 2 is 2.00 bits per heavy atom. The van der Waals surface area contributed by atoms with Crippen LogP contribution in [-0.4, -0.2) is 36.1 Å². The lowest BCUT2D eigenvalue weighted by atomic mass is 9.82. The van der Waals surface area contributed by atoms with E-state index in [2.05, 4.69) is 54.4 Å². The maximum Gasteiger partial charge on any atom is 0.0304 e. The van der Waals surface area contributed by atoms with Gasteiger partial charge in [-0.25, -0.2) is 0 Å². The van der Waals surface area contributed by atoms with Gasteiger partial charge in [-0.2, -0.15) is 0 Å². The Hall–Kier alpha value is -0.860. The number of piperazine rings is 1. The Morgan fingerprint density at radius 3 is 2.62 bits per heavy atom. The molecule has 2 unspecified atom stereocenters. The Morgan fingerprint density at radius 1 is 1.24 bits per heavy atom. The van der Waals surface area contributed by atoms with Gasteiger partial charge < -0.3 is 5.32 Å². The van der Waals surface area contributed by atoms with Gasteiger partial charge in [0.15, 0.2) is 0 Å². The molecule has 1 saturated carbocycles. The van der Waals surface area contributed by atoms with Crippen LogP contribution in [0.4, 0.5) is 0 Å². The Bertz CT molecular complexity index is 440. The highest BCUT2D eigenvalue weighted by Gasteiger charge is 2.37. The molecule has 0 bridgehead atoms. The molecule has 2 atom stereocenters. The Kier molecular flexibility index (Phi) is 4.66. The van der Waals surface area contributed by atoms with Crippen LogP contribution >= 0.6 is 0 Å². The van der Waals surface area contributed by atoms with Crippen molar-refractivity contribution < 1.29 is 0 Å². The van der Waals surface area contributed by atoms with E-state index in [1.54, 1.807) is 0 Å². The summed E-state index contributed by atoms with van der Waals surface area (Å²) in [7, 11) is 0. The molecule has 2 nitrogen and oxygen atoms in total. The summed E-state index contributed by atoms with van der Waals surface area (Å²) >= 11 is 0. The summed E-state index contributed by atoms with van der Waals surface area (Å²) in [5.41, 5.74) is 1.81. The van der Waals surface area contributed by atoms with Crippen LogP contribution in [0.1, 0.15) is 45.1 Å². The summed E-state index contributed by atoms with van der Waals surface area (Å²) in [6.07, 6.45) is 6.75. The fourth-order valence-electron chi connectivity index (χ4n) is 3.69. The molecule has 0 spiro atoms. The molecule has 1 N–H and O–H groups in total. The minimum atomic E-state index is 0.350. The Balaban J connectivity index is 1.63. The molecule has 1 aromatic rings. The van der Waals surface area contributed by atoms with Crippen molar-refractivity contribution in [3.63, 3.8) is 0 Å². The van der Waals surface area contributed by atoms with Gasteiger partial charge >= 0.3 is 0 Å². The summed E-state index contributed by atoms with van der Waals surface area (Å²) in [6.45, 7) is 8.44. The first-order valence-electron chi connectivity index (χ1n) is 8.72. The summed E-state index contributed by atoms with van der Waals surface area (Å²) in [4.78, 5) is 2.79. The molecule has 0 amide bonds. The SMILES string of the molecule is CCC1(C)CNC(Cc2ccccc2)CN1CC1CCC1. The monoisotopic (exact) mass is 286 g/mol. The van der Waals surface area contributed by atoms with Crippen molar-refractivity contribution in [3.8, 4) is 0 Å². The minimum Gasteiger partial charge on any atom is -0.311 e. The zero-order valence-corrected chi connectivity index (χ0v) is 13.6. The second-order valence-electron chi connectivity index (χ2n) is 7.32. The van der Waals surface area contributed by atoms with E-state index < -0.39 is 0 Å². The smallest absolute Gasteiger partial charge is 0.0304 e. The first-order valence-corrected chi connectivity index (χ1v) is 8.72. The molecule has 21 heavy (non-hydrogen) atoms. The summed E-state index contributed by atoms with van der Waals surface area (Å²) < 4.78 is 0. The third kappa shape index (κ3) is 3.49. The zero-order chi connectivity index (χ0) is 14.7. The van der Waals surface area contributed by atoms with Crippen molar-refractivity contribution in [1.82, 2.24) is 10.2 Å². The molecule has 3 rings (SSSR count). The molecular formula is C19H30N2. The van der Waals surface area contributed by atoms with Crippen molar-refractivity contribution in [2.24, 2.45) is 5.92 Å². The van der Waals surface area contributed by atoms with E-state index in [1.807, 2.05) is 0 Å². The second-order valence-corrected chi connectivity index (χ2v) is 7.32. The standard InChI is InChI=1S/C19H30N2/c1-3-19(2)15-20-18(12-16-8-5-4-6-9-16)14-21(19)13-17-10-7-11-17/h4-6,8-9,17-18,20H,3,7,10-15H2,1-2H3. The van der Waals surface area contributed by atoms with Crippen molar-refractivity contribution in [2.75, 3.05) is 19.6 Å². The molecular weight excluding hydrogens is 256 g/mol. The number of nitrogens with zero attached hydrogens (tertiary/aromatic N) is 1. The van der Waals surface area contributed by atoms with E-state index in [1.165, 1.54) is 44.3 Å². The average molecular weight is 286 g/mol. The largest absolute Gasteiger partial charge is 0.311 e. The van der Waals surface area contributed by atoms with E-state index >= 15 is 0 Å². The maximum atomic E-state index is 3.81. The number of benzene rings is 1. The van der Waals surface area contributed by atoms with Crippen LogP contribution in [0.25, 0.3) is 0 Å². The van der Waals surface area contributed by atoms with Gasteiger partial charge in [-0.05, 0) is 44.1 Å². The van der Waals surface area contributed by atoms with Crippen LogP contribution in [0, 0.1) is 5.92 Å². The van der Waals surface area contributed by atoms with Gasteiger partial charge in [0.1, 0.15) is 0 Å². The van der Waals surface area contributed by atoms with Crippen LogP contribution < -0.4 is 5.32 Å². The Labute approximate surface area is 129 Å². The van der Waals surface area contributed by atoms with E-state index in [0.29, 0.717) is 11.6 Å². The third-order valence-corrected chi connectivity index (χ3v) is 5.77. The summed E-state index contributed by atoms with van der Waals surface area (Å²) in [6, 6.07) is 11.5. The van der Waals surface area contributed by atoms with E-state index in [4.69, 9.17) is 0 Å². The quantitative estimate of drug-likeness (QED) is 0.891. The van der Waals surface area contributed by atoms with Gasteiger partial charge in [0.2, 0.25) is 0 Å². The minimum absolute atomic E-state index is 0.350. The average Bonchev–Trinajstić information content (AvgIpc) is 2.47. The lowest BCUT2D eigenvalue weighted by Crippen LogP contribution is -2.64. The zero-order valence-electron chi connectivity index (χ0n) is 13.6. The predicted molar refractivity (Wildman–Crippen MR) is 89.5 cm³/mol. The highest BCUT2D eigenvalue weighted by molar-refractivity contribution is 5.16. The third-order valence-electron chi connectivity index (χ3n) is 5.77. The highest BCUT2D eigenvalue weighted by atomic mass is 15.3. The molecule has 1 aliphatic heterocycles. The lowest BCUT2D eigenvalue weighted by Gasteiger charge is -2.50. The molecule has 1 heterocycles. The van der Waals surface area contributed by atoms with Crippen molar-refractivity contribution in [2.45, 2.75) is 57.5 Å². The molecule has 1 saturated heterocycles. The molecule has 0 aromatic heterocycles. The normalized spacial score (nSPS) is 31.0. The first kappa shape index (κ1) is 15.1. The molecule has 0 radical (unpaired) electrons. The van der Waals surface area contributed by atoms with E-state index in [-0.39, 0.29) is 0 Å². The second kappa shape index (κ2) is 6.50. The predicted octanol–water partition coefficient (Wildman–Crippen LogP) is 3.47. The highest BCUT2D eigenvalue weighted by Crippen LogP contribution is 2.32. The van der Waals surface area contributed by atoms with Crippen molar-refractivity contribution >= 4 is 0 Å². The molecule has 1 aliphatic carbocycles. The van der Waals surface area contributed by atoms with Crippen molar-refractivity contribution in [1.29, 1.82) is 0 Å². The van der Waals surface area contributed by atoms with Gasteiger partial charge in [0, 0.05) is 31.2 Å². The fourth-order valence-corrected chi connectivity index (χ4v) is 3.69. The van der Waals surface area contributed by atoms with Crippen LogP contribution in [-0.2, 0) is 6.42 Å². The number of hydrogen-bond donors (Lipinski definition) is 1. The first-order chi connectivity index (χ1) is 10.2. The number of rotatable bonds is 5. The van der Waals surface area contributed by atoms with Crippen LogP contribution in [0.5, 0.6) is 0 Å². The van der Waals surface area contributed by atoms with E-state index in [0.717, 1.165) is 18.9 Å². The van der Waals surface area contributed by atoms with Gasteiger partial charge in [-0.1, -0.05) is 43.7 Å².